The van der Waals surface area contributed by atoms with Gasteiger partial charge in [0.15, 0.2) is 5.96 Å². The number of aliphatic hydroxyl groups is 1. The molecule has 0 amide bonds. The molecule has 1 aliphatic rings. The fraction of sp³-hybridized carbons (Fsp3) is 0.682. The van der Waals surface area contributed by atoms with E-state index in [1.165, 1.54) is 24.0 Å². The molecule has 1 heterocycles. The van der Waals surface area contributed by atoms with Gasteiger partial charge in [-0.15, -0.1) is 0 Å². The number of nitrogens with one attached hydrogen (secondary N) is 1. The average Bonchev–Trinajstić information content (AvgIpc) is 2.63. The summed E-state index contributed by atoms with van der Waals surface area (Å²) in [7, 11) is 0. The van der Waals surface area contributed by atoms with E-state index in [0.29, 0.717) is 18.5 Å². The lowest BCUT2D eigenvalue weighted by Gasteiger charge is -2.29. The van der Waals surface area contributed by atoms with Crippen LogP contribution >= 0.6 is 0 Å². The molecule has 1 aliphatic heterocycles. The normalized spacial score (nSPS) is 18.0. The van der Waals surface area contributed by atoms with Crippen LogP contribution in [-0.4, -0.2) is 41.2 Å². The van der Waals surface area contributed by atoms with Crippen LogP contribution in [0, 0.1) is 5.92 Å². The summed E-state index contributed by atoms with van der Waals surface area (Å²) in [6.45, 7) is 10.2. The Kier molecular flexibility index (Phi) is 9.08. The molecule has 0 aromatic heterocycles. The van der Waals surface area contributed by atoms with Crippen molar-refractivity contribution in [1.82, 2.24) is 10.2 Å². The van der Waals surface area contributed by atoms with E-state index in [2.05, 4.69) is 60.2 Å². The molecular weight excluding hydrogens is 336 g/mol. The molecule has 0 spiro atoms. The Morgan fingerprint density at radius 2 is 1.78 bits per heavy atom. The first-order valence-electron chi connectivity index (χ1n) is 10.5. The van der Waals surface area contributed by atoms with Crippen LogP contribution in [0.4, 0.5) is 0 Å². The lowest BCUT2D eigenvalue weighted by Crippen LogP contribution is -2.38. The second-order valence-electron chi connectivity index (χ2n) is 8.40. The van der Waals surface area contributed by atoms with E-state index in [0.717, 1.165) is 44.8 Å². The Morgan fingerprint density at radius 1 is 1.15 bits per heavy atom. The maximum Gasteiger partial charge on any atom is 0.189 e. The number of piperidine rings is 1. The zero-order valence-electron chi connectivity index (χ0n) is 17.3. The maximum atomic E-state index is 9.60. The number of nitrogens with two attached hydrogens (primary N) is 1. The van der Waals surface area contributed by atoms with Crippen molar-refractivity contribution in [3.8, 4) is 0 Å². The summed E-state index contributed by atoms with van der Waals surface area (Å²) in [5.74, 6) is 1.29. The standard InChI is InChI=1S/C22H38N4O/c1-17(2)5-4-6-18(3)25-22(23)24-15-19-7-9-20(10-8-19)16-26-13-11-21(27)12-14-26/h7-10,17-18,21,27H,4-6,11-16H2,1-3H3,(H3,23,24,25). The third-order valence-electron chi connectivity index (χ3n) is 5.23. The molecule has 1 fully saturated rings. The van der Waals surface area contributed by atoms with E-state index in [-0.39, 0.29) is 6.10 Å². The first-order valence-corrected chi connectivity index (χ1v) is 10.5. The third-order valence-corrected chi connectivity index (χ3v) is 5.23. The number of aliphatic imine (C=N–C) groups is 1. The largest absolute Gasteiger partial charge is 0.393 e. The van der Waals surface area contributed by atoms with Crippen LogP contribution in [0.5, 0.6) is 0 Å². The third kappa shape index (κ3) is 8.76. The topological polar surface area (TPSA) is 73.9 Å². The molecule has 1 aromatic rings. The Labute approximate surface area is 165 Å². The molecule has 1 unspecified atom stereocenters. The van der Waals surface area contributed by atoms with Gasteiger partial charge < -0.3 is 16.2 Å². The van der Waals surface area contributed by atoms with Gasteiger partial charge in [0, 0.05) is 25.7 Å². The Bertz CT molecular complexity index is 562. The summed E-state index contributed by atoms with van der Waals surface area (Å²) in [5, 5.41) is 12.9. The predicted molar refractivity (Wildman–Crippen MR) is 114 cm³/mol. The zero-order chi connectivity index (χ0) is 19.6. The number of likely N-dealkylation sites (tertiary alicyclic amines) is 1. The highest BCUT2D eigenvalue weighted by Gasteiger charge is 2.16. The SMILES string of the molecule is CC(C)CCCC(C)NC(N)=NCc1ccc(CN2CCC(O)CC2)cc1. The first kappa shape index (κ1) is 21.7. The summed E-state index contributed by atoms with van der Waals surface area (Å²) < 4.78 is 0. The summed E-state index contributed by atoms with van der Waals surface area (Å²) in [4.78, 5) is 6.88. The molecule has 0 bridgehead atoms. The van der Waals surface area contributed by atoms with Crippen LogP contribution in [-0.2, 0) is 13.1 Å². The van der Waals surface area contributed by atoms with Gasteiger partial charge in [0.25, 0.3) is 0 Å². The lowest BCUT2D eigenvalue weighted by molar-refractivity contribution is 0.0792. The molecule has 0 saturated carbocycles. The van der Waals surface area contributed by atoms with Crippen molar-refractivity contribution in [1.29, 1.82) is 0 Å². The predicted octanol–water partition coefficient (Wildman–Crippen LogP) is 3.26. The minimum atomic E-state index is -0.113. The van der Waals surface area contributed by atoms with Crippen molar-refractivity contribution in [2.75, 3.05) is 13.1 Å². The monoisotopic (exact) mass is 374 g/mol. The van der Waals surface area contributed by atoms with Crippen molar-refractivity contribution in [2.24, 2.45) is 16.6 Å². The van der Waals surface area contributed by atoms with Crippen LogP contribution in [0.25, 0.3) is 0 Å². The van der Waals surface area contributed by atoms with Gasteiger partial charge in [-0.3, -0.25) is 4.90 Å². The highest BCUT2D eigenvalue weighted by molar-refractivity contribution is 5.78. The van der Waals surface area contributed by atoms with E-state index in [1.54, 1.807) is 0 Å². The van der Waals surface area contributed by atoms with E-state index in [4.69, 9.17) is 5.73 Å². The molecule has 0 aliphatic carbocycles. The quantitative estimate of drug-likeness (QED) is 0.458. The van der Waals surface area contributed by atoms with Crippen molar-refractivity contribution in [3.05, 3.63) is 35.4 Å². The van der Waals surface area contributed by atoms with Gasteiger partial charge in [0.1, 0.15) is 0 Å². The number of guanidine groups is 1. The fourth-order valence-corrected chi connectivity index (χ4v) is 3.46. The van der Waals surface area contributed by atoms with E-state index in [9.17, 15) is 5.11 Å². The maximum absolute atomic E-state index is 9.60. The minimum Gasteiger partial charge on any atom is -0.393 e. The van der Waals surface area contributed by atoms with Crippen LogP contribution in [0.1, 0.15) is 64.0 Å². The number of hydrogen-bond donors (Lipinski definition) is 3. The first-order chi connectivity index (χ1) is 12.9. The smallest absolute Gasteiger partial charge is 0.189 e. The Balaban J connectivity index is 1.72. The van der Waals surface area contributed by atoms with Crippen LogP contribution in [0.3, 0.4) is 0 Å². The molecule has 1 atom stereocenters. The van der Waals surface area contributed by atoms with E-state index >= 15 is 0 Å². The lowest BCUT2D eigenvalue weighted by atomic mass is 10.0. The molecule has 27 heavy (non-hydrogen) atoms. The summed E-state index contributed by atoms with van der Waals surface area (Å²) in [6, 6.07) is 8.98. The molecule has 5 nitrogen and oxygen atoms in total. The van der Waals surface area contributed by atoms with Crippen LogP contribution in [0.15, 0.2) is 29.3 Å². The highest BCUT2D eigenvalue weighted by Crippen LogP contribution is 2.14. The highest BCUT2D eigenvalue weighted by atomic mass is 16.3. The average molecular weight is 375 g/mol. The summed E-state index contributed by atoms with van der Waals surface area (Å²) >= 11 is 0. The van der Waals surface area contributed by atoms with Gasteiger partial charge in [-0.25, -0.2) is 4.99 Å². The molecule has 4 N–H and O–H groups in total. The van der Waals surface area contributed by atoms with Gasteiger partial charge >= 0.3 is 0 Å². The van der Waals surface area contributed by atoms with Gasteiger partial charge in [0.2, 0.25) is 0 Å². The van der Waals surface area contributed by atoms with Crippen molar-refractivity contribution < 1.29 is 5.11 Å². The fourth-order valence-electron chi connectivity index (χ4n) is 3.46. The summed E-state index contributed by atoms with van der Waals surface area (Å²) in [6.07, 6.45) is 5.25. The van der Waals surface area contributed by atoms with Gasteiger partial charge in [-0.2, -0.15) is 0 Å². The molecule has 2 rings (SSSR count). The van der Waals surface area contributed by atoms with Gasteiger partial charge in [-0.05, 0) is 43.2 Å². The molecule has 1 saturated heterocycles. The minimum absolute atomic E-state index is 0.113. The molecular formula is C22H38N4O. The van der Waals surface area contributed by atoms with Crippen LogP contribution in [0.2, 0.25) is 0 Å². The number of rotatable bonds is 9. The van der Waals surface area contributed by atoms with E-state index < -0.39 is 0 Å². The van der Waals surface area contributed by atoms with Crippen LogP contribution < -0.4 is 11.1 Å². The second-order valence-corrected chi connectivity index (χ2v) is 8.40. The van der Waals surface area contributed by atoms with Crippen molar-refractivity contribution >= 4 is 5.96 Å². The Morgan fingerprint density at radius 3 is 2.41 bits per heavy atom. The number of benzene rings is 1. The Hall–Kier alpha value is -1.59. The molecule has 0 radical (unpaired) electrons. The zero-order valence-corrected chi connectivity index (χ0v) is 17.3. The molecule has 1 aromatic carbocycles. The second kappa shape index (κ2) is 11.3. The van der Waals surface area contributed by atoms with Gasteiger partial charge in [0.05, 0.1) is 12.6 Å². The number of nitrogens with zero attached hydrogens (tertiary/aromatic N) is 2. The van der Waals surface area contributed by atoms with Crippen molar-refractivity contribution in [3.63, 3.8) is 0 Å². The molecule has 5 heteroatoms. The summed E-state index contributed by atoms with van der Waals surface area (Å²) in [5.41, 5.74) is 8.51. The number of aliphatic hydroxyl groups excluding tert-OH is 1. The van der Waals surface area contributed by atoms with E-state index in [1.807, 2.05) is 0 Å². The van der Waals surface area contributed by atoms with Crippen molar-refractivity contribution in [2.45, 2.75) is 78.1 Å². The molecule has 152 valence electrons. The number of hydrogen-bond acceptors (Lipinski definition) is 3. The van der Waals surface area contributed by atoms with Gasteiger partial charge in [-0.1, -0.05) is 51.0 Å².